The molecule has 0 saturated heterocycles. The summed E-state index contributed by atoms with van der Waals surface area (Å²) in [6.45, 7) is -0.551. The third-order valence-corrected chi connectivity index (χ3v) is 4.33. The number of nitrogens with zero attached hydrogens (tertiary/aromatic N) is 3. The van der Waals surface area contributed by atoms with Crippen molar-refractivity contribution in [2.24, 2.45) is 4.99 Å². The molecule has 0 saturated carbocycles. The minimum Gasteiger partial charge on any atom is -0.434 e. The Morgan fingerprint density at radius 1 is 1.17 bits per heavy atom. The third kappa shape index (κ3) is 5.90. The molecular formula is C20H20ClF2N5O2. The number of rotatable bonds is 7. The van der Waals surface area contributed by atoms with Crippen LogP contribution in [0, 0.1) is 6.92 Å². The molecule has 0 aliphatic rings. The topological polar surface area (TPSA) is 84.6 Å². The fourth-order valence-electron chi connectivity index (χ4n) is 2.66. The van der Waals surface area contributed by atoms with Crippen molar-refractivity contribution in [1.29, 1.82) is 0 Å². The lowest BCUT2D eigenvalue weighted by Gasteiger charge is -2.14. The number of aliphatic imine (C=N–C) groups is 1. The predicted molar refractivity (Wildman–Crippen MR) is 110 cm³/mol. The monoisotopic (exact) mass is 435 g/mol. The summed E-state index contributed by atoms with van der Waals surface area (Å²) in [6.07, 6.45) is 0. The van der Waals surface area contributed by atoms with Crippen LogP contribution in [0.25, 0.3) is 11.4 Å². The molecule has 7 nitrogen and oxygen atoms in total. The van der Waals surface area contributed by atoms with Crippen molar-refractivity contribution < 1.29 is 18.0 Å². The van der Waals surface area contributed by atoms with Crippen LogP contribution >= 0.6 is 11.6 Å². The Labute approximate surface area is 177 Å². The van der Waals surface area contributed by atoms with Crippen molar-refractivity contribution in [3.05, 3.63) is 64.5 Å². The van der Waals surface area contributed by atoms with Crippen molar-refractivity contribution in [2.75, 3.05) is 7.05 Å². The van der Waals surface area contributed by atoms with E-state index in [-0.39, 0.29) is 18.8 Å². The third-order valence-electron chi connectivity index (χ3n) is 4.08. The van der Waals surface area contributed by atoms with Crippen LogP contribution < -0.4 is 15.4 Å². The highest BCUT2D eigenvalue weighted by atomic mass is 35.5. The highest BCUT2D eigenvalue weighted by molar-refractivity contribution is 6.30. The van der Waals surface area contributed by atoms with E-state index in [2.05, 4.69) is 30.5 Å². The van der Waals surface area contributed by atoms with Gasteiger partial charge in [-0.05, 0) is 37.3 Å². The van der Waals surface area contributed by atoms with Crippen LogP contribution in [0.15, 0.2) is 52.0 Å². The Morgan fingerprint density at radius 3 is 2.60 bits per heavy atom. The molecule has 3 aromatic rings. The first-order chi connectivity index (χ1) is 14.4. The zero-order chi connectivity index (χ0) is 21.5. The average molecular weight is 436 g/mol. The number of halogens is 3. The van der Waals surface area contributed by atoms with Crippen molar-refractivity contribution in [2.45, 2.75) is 26.6 Å². The van der Waals surface area contributed by atoms with E-state index in [1.165, 1.54) is 6.07 Å². The van der Waals surface area contributed by atoms with E-state index in [0.717, 1.165) is 11.1 Å². The summed E-state index contributed by atoms with van der Waals surface area (Å²) in [6, 6.07) is 12.1. The van der Waals surface area contributed by atoms with E-state index < -0.39 is 6.61 Å². The molecular weight excluding hydrogens is 416 g/mol. The standard InChI is InChI=1S/C20H20ClF2N5O2/c1-12-3-8-16(29-19(22)23)14(9-12)10-25-20(24-2)26-11-17-27-18(28-30-17)13-4-6-15(21)7-5-13/h3-9,19H,10-11H2,1-2H3,(H2,24,25,26). The molecule has 0 amide bonds. The lowest BCUT2D eigenvalue weighted by atomic mass is 10.1. The van der Waals surface area contributed by atoms with E-state index in [0.29, 0.717) is 28.3 Å². The van der Waals surface area contributed by atoms with Crippen LogP contribution in [0.1, 0.15) is 17.0 Å². The van der Waals surface area contributed by atoms with E-state index in [1.807, 2.05) is 6.92 Å². The summed E-state index contributed by atoms with van der Waals surface area (Å²) < 4.78 is 35.0. The molecule has 158 valence electrons. The highest BCUT2D eigenvalue weighted by Crippen LogP contribution is 2.22. The van der Waals surface area contributed by atoms with E-state index in [4.69, 9.17) is 16.1 Å². The summed E-state index contributed by atoms with van der Waals surface area (Å²) in [5.74, 6) is 1.36. The molecule has 1 aromatic heterocycles. The normalized spacial score (nSPS) is 11.6. The van der Waals surface area contributed by atoms with Gasteiger partial charge in [-0.2, -0.15) is 13.8 Å². The fourth-order valence-corrected chi connectivity index (χ4v) is 2.79. The van der Waals surface area contributed by atoms with E-state index in [9.17, 15) is 8.78 Å². The van der Waals surface area contributed by atoms with Gasteiger partial charge < -0.3 is 19.9 Å². The molecule has 30 heavy (non-hydrogen) atoms. The largest absolute Gasteiger partial charge is 0.434 e. The maximum Gasteiger partial charge on any atom is 0.387 e. The number of guanidine groups is 1. The van der Waals surface area contributed by atoms with Crippen molar-refractivity contribution in [1.82, 2.24) is 20.8 Å². The Hall–Kier alpha value is -3.20. The molecule has 0 radical (unpaired) electrons. The summed E-state index contributed by atoms with van der Waals surface area (Å²) >= 11 is 5.88. The fraction of sp³-hybridized carbons (Fsp3) is 0.250. The molecule has 0 unspecified atom stereocenters. The second-order valence-corrected chi connectivity index (χ2v) is 6.72. The maximum absolute atomic E-state index is 12.6. The molecule has 0 spiro atoms. The van der Waals surface area contributed by atoms with Crippen molar-refractivity contribution >= 4 is 17.6 Å². The Morgan fingerprint density at radius 2 is 1.90 bits per heavy atom. The zero-order valence-electron chi connectivity index (χ0n) is 16.3. The molecule has 3 rings (SSSR count). The van der Waals surface area contributed by atoms with Crippen LogP contribution in [0.4, 0.5) is 8.78 Å². The molecule has 0 aliphatic carbocycles. The second-order valence-electron chi connectivity index (χ2n) is 6.29. The Balaban J connectivity index is 1.58. The van der Waals surface area contributed by atoms with Gasteiger partial charge in [-0.25, -0.2) is 0 Å². The zero-order valence-corrected chi connectivity index (χ0v) is 17.1. The summed E-state index contributed by atoms with van der Waals surface area (Å²) in [7, 11) is 1.59. The Bertz CT molecular complexity index is 1010. The quantitative estimate of drug-likeness (QED) is 0.428. The summed E-state index contributed by atoms with van der Waals surface area (Å²) in [4.78, 5) is 8.43. The maximum atomic E-state index is 12.6. The predicted octanol–water partition coefficient (Wildman–Crippen LogP) is 4.17. The molecule has 1 heterocycles. The van der Waals surface area contributed by atoms with Gasteiger partial charge in [-0.15, -0.1) is 0 Å². The lowest BCUT2D eigenvalue weighted by molar-refractivity contribution is -0.0504. The number of nitrogens with one attached hydrogen (secondary N) is 2. The van der Waals surface area contributed by atoms with Gasteiger partial charge in [0.25, 0.3) is 0 Å². The molecule has 2 aromatic carbocycles. The van der Waals surface area contributed by atoms with Crippen molar-refractivity contribution in [3.63, 3.8) is 0 Å². The van der Waals surface area contributed by atoms with Gasteiger partial charge >= 0.3 is 6.61 Å². The summed E-state index contributed by atoms with van der Waals surface area (Å²) in [5.41, 5.74) is 2.29. The minimum absolute atomic E-state index is 0.114. The first-order valence-electron chi connectivity index (χ1n) is 9.02. The highest BCUT2D eigenvalue weighted by Gasteiger charge is 2.12. The molecule has 0 fully saturated rings. The molecule has 0 aliphatic heterocycles. The lowest BCUT2D eigenvalue weighted by Crippen LogP contribution is -2.36. The number of alkyl halides is 2. The first-order valence-corrected chi connectivity index (χ1v) is 9.40. The molecule has 10 heteroatoms. The van der Waals surface area contributed by atoms with Crippen LogP contribution in [0.5, 0.6) is 5.75 Å². The van der Waals surface area contributed by atoms with Crippen molar-refractivity contribution in [3.8, 4) is 17.1 Å². The van der Waals surface area contributed by atoms with Crippen LogP contribution in [0.3, 0.4) is 0 Å². The van der Waals surface area contributed by atoms with Gasteiger partial charge in [0.1, 0.15) is 5.75 Å². The minimum atomic E-state index is -2.89. The SMILES string of the molecule is CN=C(NCc1nc(-c2ccc(Cl)cc2)no1)NCc1cc(C)ccc1OC(F)F. The van der Waals surface area contributed by atoms with Crippen LogP contribution in [0.2, 0.25) is 5.02 Å². The second kappa shape index (κ2) is 10.0. The van der Waals surface area contributed by atoms with Gasteiger partial charge in [0.15, 0.2) is 5.96 Å². The van der Waals surface area contributed by atoms with Gasteiger partial charge in [0.2, 0.25) is 11.7 Å². The van der Waals surface area contributed by atoms with E-state index >= 15 is 0 Å². The van der Waals surface area contributed by atoms with Gasteiger partial charge in [0, 0.05) is 29.7 Å². The van der Waals surface area contributed by atoms with Gasteiger partial charge in [-0.1, -0.05) is 34.5 Å². The smallest absolute Gasteiger partial charge is 0.387 e. The number of hydrogen-bond donors (Lipinski definition) is 2. The molecule has 0 atom stereocenters. The molecule has 0 bridgehead atoms. The number of ether oxygens (including phenoxy) is 1. The van der Waals surface area contributed by atoms with Crippen LogP contribution in [-0.2, 0) is 13.1 Å². The molecule has 2 N–H and O–H groups in total. The Kier molecular flexibility index (Phi) is 7.18. The number of aromatic nitrogens is 2. The van der Waals surface area contributed by atoms with E-state index in [1.54, 1.807) is 43.4 Å². The number of hydrogen-bond acceptors (Lipinski definition) is 5. The number of aryl methyl sites for hydroxylation is 1. The van der Waals surface area contributed by atoms with Gasteiger partial charge in [0.05, 0.1) is 6.54 Å². The van der Waals surface area contributed by atoms with Crippen LogP contribution in [-0.4, -0.2) is 29.8 Å². The first kappa shape index (κ1) is 21.5. The number of benzene rings is 2. The average Bonchev–Trinajstić information content (AvgIpc) is 3.19. The van der Waals surface area contributed by atoms with Gasteiger partial charge in [-0.3, -0.25) is 4.99 Å². The summed E-state index contributed by atoms with van der Waals surface area (Å²) in [5, 5.41) is 10.7.